The van der Waals surface area contributed by atoms with E-state index in [1.807, 2.05) is 0 Å². The number of carbonyl (C=O) groups excluding carboxylic acids is 2. The molecule has 5 nitrogen and oxygen atoms in total. The summed E-state index contributed by atoms with van der Waals surface area (Å²) in [5.74, 6) is -3.17. The van der Waals surface area contributed by atoms with Crippen molar-refractivity contribution in [3.8, 4) is 0 Å². The minimum absolute atomic E-state index is 0.00286. The summed E-state index contributed by atoms with van der Waals surface area (Å²) in [5, 5.41) is 2.22. The van der Waals surface area contributed by atoms with Crippen LogP contribution < -0.4 is 5.32 Å². The van der Waals surface area contributed by atoms with Crippen molar-refractivity contribution in [1.29, 1.82) is 0 Å². The standard InChI is InChI=1S/C14H10F2N2O3/c1-21-14(20)8-2-3-12(10(15)6-8)18-13(19)9-4-5-17-7-11(9)16/h2-7H,1H3,(H,18,19). The fourth-order valence-electron chi connectivity index (χ4n) is 1.61. The Morgan fingerprint density at radius 2 is 1.95 bits per heavy atom. The van der Waals surface area contributed by atoms with Crippen molar-refractivity contribution in [3.05, 3.63) is 59.4 Å². The van der Waals surface area contributed by atoms with Crippen molar-refractivity contribution in [3.63, 3.8) is 0 Å². The maximum absolute atomic E-state index is 13.8. The Morgan fingerprint density at radius 3 is 2.57 bits per heavy atom. The highest BCUT2D eigenvalue weighted by molar-refractivity contribution is 6.04. The van der Waals surface area contributed by atoms with Gasteiger partial charge in [0.2, 0.25) is 0 Å². The summed E-state index contributed by atoms with van der Waals surface area (Å²) < 4.78 is 31.6. The highest BCUT2D eigenvalue weighted by Gasteiger charge is 2.15. The Bertz CT molecular complexity index is 704. The Hall–Kier alpha value is -2.83. The molecular formula is C14H10F2N2O3. The van der Waals surface area contributed by atoms with Gasteiger partial charge in [-0.2, -0.15) is 0 Å². The van der Waals surface area contributed by atoms with Crippen LogP contribution in [0, 0.1) is 11.6 Å². The van der Waals surface area contributed by atoms with Gasteiger partial charge in [-0.25, -0.2) is 13.6 Å². The molecule has 0 unspecified atom stereocenters. The third kappa shape index (κ3) is 3.19. The van der Waals surface area contributed by atoms with Crippen molar-refractivity contribution in [2.75, 3.05) is 12.4 Å². The molecule has 0 aliphatic carbocycles. The fraction of sp³-hybridized carbons (Fsp3) is 0.0714. The number of nitrogens with zero attached hydrogens (tertiary/aromatic N) is 1. The van der Waals surface area contributed by atoms with Crippen LogP contribution in [0.2, 0.25) is 0 Å². The molecule has 2 aromatic rings. The van der Waals surface area contributed by atoms with Crippen LogP contribution in [0.5, 0.6) is 0 Å². The van der Waals surface area contributed by atoms with Crippen molar-refractivity contribution in [2.24, 2.45) is 0 Å². The quantitative estimate of drug-likeness (QED) is 0.882. The predicted molar refractivity (Wildman–Crippen MR) is 69.9 cm³/mol. The molecule has 0 spiro atoms. The number of aromatic nitrogens is 1. The van der Waals surface area contributed by atoms with E-state index in [9.17, 15) is 18.4 Å². The smallest absolute Gasteiger partial charge is 0.337 e. The number of amides is 1. The number of carbonyl (C=O) groups is 2. The van der Waals surface area contributed by atoms with Crippen molar-refractivity contribution in [2.45, 2.75) is 0 Å². The van der Waals surface area contributed by atoms with Crippen LogP contribution in [0.25, 0.3) is 0 Å². The van der Waals surface area contributed by atoms with E-state index in [2.05, 4.69) is 15.0 Å². The molecule has 0 atom stereocenters. The van der Waals surface area contributed by atoms with E-state index in [1.54, 1.807) is 0 Å². The zero-order valence-corrected chi connectivity index (χ0v) is 10.9. The predicted octanol–water partition coefficient (Wildman–Crippen LogP) is 2.40. The lowest BCUT2D eigenvalue weighted by atomic mass is 10.2. The van der Waals surface area contributed by atoms with Gasteiger partial charge < -0.3 is 10.1 Å². The highest BCUT2D eigenvalue weighted by atomic mass is 19.1. The largest absolute Gasteiger partial charge is 0.465 e. The second-order valence-electron chi connectivity index (χ2n) is 4.00. The molecule has 1 aromatic carbocycles. The first-order chi connectivity index (χ1) is 10.0. The molecule has 108 valence electrons. The molecule has 1 amide bonds. The number of benzene rings is 1. The summed E-state index contributed by atoms with van der Waals surface area (Å²) in [6.45, 7) is 0. The lowest BCUT2D eigenvalue weighted by Gasteiger charge is -2.08. The van der Waals surface area contributed by atoms with Crippen LogP contribution in [0.15, 0.2) is 36.7 Å². The van der Waals surface area contributed by atoms with Gasteiger partial charge in [-0.3, -0.25) is 9.78 Å². The van der Waals surface area contributed by atoms with E-state index >= 15 is 0 Å². The Balaban J connectivity index is 2.22. The third-order valence-corrected chi connectivity index (χ3v) is 2.66. The summed E-state index contributed by atoms with van der Waals surface area (Å²) in [4.78, 5) is 26.6. The molecule has 0 bridgehead atoms. The van der Waals surface area contributed by atoms with Crippen LogP contribution in [0.1, 0.15) is 20.7 Å². The van der Waals surface area contributed by atoms with Gasteiger partial charge in [0, 0.05) is 6.20 Å². The van der Waals surface area contributed by atoms with Gasteiger partial charge in [-0.05, 0) is 24.3 Å². The number of methoxy groups -OCH3 is 1. The van der Waals surface area contributed by atoms with E-state index in [4.69, 9.17) is 0 Å². The van der Waals surface area contributed by atoms with Gasteiger partial charge in [0.25, 0.3) is 5.91 Å². The number of anilines is 1. The van der Waals surface area contributed by atoms with Crippen LogP contribution in [-0.2, 0) is 4.74 Å². The number of esters is 1. The van der Waals surface area contributed by atoms with E-state index in [0.29, 0.717) is 0 Å². The van der Waals surface area contributed by atoms with Gasteiger partial charge in [0.15, 0.2) is 5.82 Å². The van der Waals surface area contributed by atoms with Crippen LogP contribution in [0.4, 0.5) is 14.5 Å². The molecule has 1 heterocycles. The van der Waals surface area contributed by atoms with Crippen molar-refractivity contribution < 1.29 is 23.1 Å². The summed E-state index contributed by atoms with van der Waals surface area (Å²) in [6, 6.07) is 4.57. The molecule has 21 heavy (non-hydrogen) atoms. The lowest BCUT2D eigenvalue weighted by Crippen LogP contribution is -2.15. The second kappa shape index (κ2) is 6.08. The van der Waals surface area contributed by atoms with Gasteiger partial charge >= 0.3 is 5.97 Å². The topological polar surface area (TPSA) is 68.3 Å². The number of hydrogen-bond donors (Lipinski definition) is 1. The normalized spacial score (nSPS) is 10.0. The Labute approximate surface area is 118 Å². The zero-order valence-electron chi connectivity index (χ0n) is 10.9. The first-order valence-corrected chi connectivity index (χ1v) is 5.81. The molecule has 0 aliphatic heterocycles. The minimum Gasteiger partial charge on any atom is -0.465 e. The first-order valence-electron chi connectivity index (χ1n) is 5.81. The molecule has 1 aromatic heterocycles. The number of hydrogen-bond acceptors (Lipinski definition) is 4. The van der Waals surface area contributed by atoms with Gasteiger partial charge in [-0.15, -0.1) is 0 Å². The summed E-state index contributed by atoms with van der Waals surface area (Å²) >= 11 is 0. The van der Waals surface area contributed by atoms with Crippen LogP contribution >= 0.6 is 0 Å². The molecule has 0 fully saturated rings. The molecule has 0 saturated heterocycles. The molecular weight excluding hydrogens is 282 g/mol. The van der Waals surface area contributed by atoms with E-state index in [-0.39, 0.29) is 16.8 Å². The number of pyridine rings is 1. The molecule has 2 rings (SSSR count). The SMILES string of the molecule is COC(=O)c1ccc(NC(=O)c2ccncc2F)c(F)c1. The van der Waals surface area contributed by atoms with Crippen LogP contribution in [0.3, 0.4) is 0 Å². The third-order valence-electron chi connectivity index (χ3n) is 2.66. The van der Waals surface area contributed by atoms with Gasteiger partial charge in [0.1, 0.15) is 5.82 Å². The number of ether oxygens (including phenoxy) is 1. The summed E-state index contributed by atoms with van der Waals surface area (Å²) in [6.07, 6.45) is 2.13. The first kappa shape index (κ1) is 14.6. The van der Waals surface area contributed by atoms with E-state index in [0.717, 1.165) is 12.3 Å². The van der Waals surface area contributed by atoms with E-state index in [1.165, 1.54) is 31.5 Å². The highest BCUT2D eigenvalue weighted by Crippen LogP contribution is 2.18. The van der Waals surface area contributed by atoms with Gasteiger partial charge in [0.05, 0.1) is 30.1 Å². The molecule has 0 aliphatic rings. The van der Waals surface area contributed by atoms with Crippen molar-refractivity contribution >= 4 is 17.6 Å². The molecule has 0 radical (unpaired) electrons. The summed E-state index contributed by atoms with van der Waals surface area (Å²) in [5.41, 5.74) is -0.437. The number of rotatable bonds is 3. The summed E-state index contributed by atoms with van der Waals surface area (Å²) in [7, 11) is 1.17. The average molecular weight is 292 g/mol. The molecule has 0 saturated carbocycles. The van der Waals surface area contributed by atoms with Gasteiger partial charge in [-0.1, -0.05) is 0 Å². The second-order valence-corrected chi connectivity index (χ2v) is 4.00. The lowest BCUT2D eigenvalue weighted by molar-refractivity contribution is 0.0600. The number of nitrogens with one attached hydrogen (secondary N) is 1. The maximum atomic E-state index is 13.8. The minimum atomic E-state index is -0.833. The molecule has 1 N–H and O–H groups in total. The van der Waals surface area contributed by atoms with E-state index < -0.39 is 23.5 Å². The Morgan fingerprint density at radius 1 is 1.19 bits per heavy atom. The van der Waals surface area contributed by atoms with Crippen molar-refractivity contribution in [1.82, 2.24) is 4.98 Å². The van der Waals surface area contributed by atoms with Crippen LogP contribution in [-0.4, -0.2) is 24.0 Å². The average Bonchev–Trinajstić information content (AvgIpc) is 2.48. The number of halogens is 2. The Kier molecular flexibility index (Phi) is 4.22. The molecule has 7 heteroatoms. The monoisotopic (exact) mass is 292 g/mol. The maximum Gasteiger partial charge on any atom is 0.337 e. The fourth-order valence-corrected chi connectivity index (χ4v) is 1.61. The zero-order chi connectivity index (χ0) is 15.4.